The molecule has 0 spiro atoms. The van der Waals surface area contributed by atoms with Gasteiger partial charge in [0.15, 0.2) is 0 Å². The lowest BCUT2D eigenvalue weighted by Gasteiger charge is -2.10. The largest absolute Gasteiger partial charge is 0.419 e. The number of nitrogens with zero attached hydrogens (tertiary/aromatic N) is 1. The van der Waals surface area contributed by atoms with Gasteiger partial charge in [-0.25, -0.2) is 12.8 Å². The summed E-state index contributed by atoms with van der Waals surface area (Å²) in [4.78, 5) is 4.34. The number of aromatic nitrogens is 1. The molecular formula is C20H19FN2O4S. The van der Waals surface area contributed by atoms with Crippen molar-refractivity contribution < 1.29 is 22.0 Å². The highest BCUT2D eigenvalue weighted by Gasteiger charge is 2.29. The highest BCUT2D eigenvalue weighted by Crippen LogP contribution is 2.32. The lowest BCUT2D eigenvalue weighted by Crippen LogP contribution is -2.19. The van der Waals surface area contributed by atoms with Crippen LogP contribution in [0.25, 0.3) is 11.5 Å². The Morgan fingerprint density at radius 3 is 2.54 bits per heavy atom. The van der Waals surface area contributed by atoms with Gasteiger partial charge in [0.2, 0.25) is 26.6 Å². The molecule has 4 rings (SSSR count). The van der Waals surface area contributed by atoms with Gasteiger partial charge in [-0.1, -0.05) is 18.2 Å². The number of halogens is 1. The van der Waals surface area contributed by atoms with E-state index in [0.717, 1.165) is 12.8 Å². The Hall–Kier alpha value is -2.71. The van der Waals surface area contributed by atoms with E-state index >= 15 is 0 Å². The van der Waals surface area contributed by atoms with E-state index in [-0.39, 0.29) is 27.8 Å². The van der Waals surface area contributed by atoms with Crippen molar-refractivity contribution in [2.45, 2.75) is 28.9 Å². The Morgan fingerprint density at radius 2 is 1.86 bits per heavy atom. The van der Waals surface area contributed by atoms with Crippen molar-refractivity contribution in [3.63, 3.8) is 0 Å². The second-order valence-corrected chi connectivity index (χ2v) is 8.36. The molecule has 0 saturated carbocycles. The van der Waals surface area contributed by atoms with Crippen molar-refractivity contribution in [2.75, 3.05) is 18.5 Å². The fourth-order valence-electron chi connectivity index (χ4n) is 3.04. The van der Waals surface area contributed by atoms with E-state index in [2.05, 4.69) is 10.3 Å². The number of benzene rings is 2. The van der Waals surface area contributed by atoms with Crippen LogP contribution in [-0.2, 0) is 14.6 Å². The van der Waals surface area contributed by atoms with Crippen molar-refractivity contribution in [3.05, 3.63) is 60.4 Å². The maximum atomic E-state index is 13.2. The third-order valence-electron chi connectivity index (χ3n) is 4.51. The third-order valence-corrected chi connectivity index (χ3v) is 6.19. The molecule has 1 fully saturated rings. The number of oxazole rings is 1. The van der Waals surface area contributed by atoms with Crippen LogP contribution in [0, 0.1) is 5.82 Å². The Labute approximate surface area is 162 Å². The molecule has 2 heterocycles. The Bertz CT molecular complexity index is 1040. The van der Waals surface area contributed by atoms with Crippen LogP contribution in [0.3, 0.4) is 0 Å². The lowest BCUT2D eigenvalue weighted by molar-refractivity contribution is 0.120. The van der Waals surface area contributed by atoms with Gasteiger partial charge in [0.1, 0.15) is 5.82 Å². The van der Waals surface area contributed by atoms with Crippen molar-refractivity contribution >= 4 is 15.7 Å². The maximum absolute atomic E-state index is 13.2. The van der Waals surface area contributed by atoms with Gasteiger partial charge in [-0.3, -0.25) is 0 Å². The first kappa shape index (κ1) is 18.6. The minimum atomic E-state index is -3.89. The number of hydrogen-bond donors (Lipinski definition) is 1. The summed E-state index contributed by atoms with van der Waals surface area (Å²) >= 11 is 0. The van der Waals surface area contributed by atoms with Crippen molar-refractivity contribution in [1.82, 2.24) is 4.98 Å². The molecule has 1 aliphatic rings. The third kappa shape index (κ3) is 3.79. The molecule has 0 radical (unpaired) electrons. The van der Waals surface area contributed by atoms with E-state index < -0.39 is 15.7 Å². The molecular weight excluding hydrogens is 383 g/mol. The van der Waals surface area contributed by atoms with Gasteiger partial charge in [0.05, 0.1) is 11.0 Å². The number of sulfone groups is 1. The predicted molar refractivity (Wildman–Crippen MR) is 101 cm³/mol. The molecule has 0 bridgehead atoms. The molecule has 2 aromatic carbocycles. The topological polar surface area (TPSA) is 81.4 Å². The quantitative estimate of drug-likeness (QED) is 0.673. The minimum Gasteiger partial charge on any atom is -0.419 e. The summed E-state index contributed by atoms with van der Waals surface area (Å²) in [6.07, 6.45) is 1.86. The number of hydrogen-bond acceptors (Lipinski definition) is 6. The molecule has 0 unspecified atom stereocenters. The average Bonchev–Trinajstić information content (AvgIpc) is 3.38. The van der Waals surface area contributed by atoms with E-state index in [1.165, 1.54) is 36.4 Å². The van der Waals surface area contributed by atoms with Crippen LogP contribution in [0.15, 0.2) is 68.9 Å². The first-order valence-corrected chi connectivity index (χ1v) is 10.4. The van der Waals surface area contributed by atoms with Gasteiger partial charge < -0.3 is 14.5 Å². The number of ether oxygens (including phenoxy) is 1. The molecule has 0 aliphatic carbocycles. The zero-order valence-corrected chi connectivity index (χ0v) is 15.8. The fraction of sp³-hybridized carbons (Fsp3) is 0.250. The summed E-state index contributed by atoms with van der Waals surface area (Å²) in [6.45, 7) is 1.11. The van der Waals surface area contributed by atoms with E-state index in [9.17, 15) is 12.8 Å². The zero-order valence-electron chi connectivity index (χ0n) is 15.0. The van der Waals surface area contributed by atoms with Crippen LogP contribution < -0.4 is 5.32 Å². The fourth-order valence-corrected chi connectivity index (χ4v) is 4.34. The lowest BCUT2D eigenvalue weighted by atomic mass is 10.2. The van der Waals surface area contributed by atoms with Crippen molar-refractivity contribution in [1.29, 1.82) is 0 Å². The summed E-state index contributed by atoms with van der Waals surface area (Å²) in [5, 5.41) is 2.83. The van der Waals surface area contributed by atoms with Gasteiger partial charge in [0.25, 0.3) is 0 Å². The van der Waals surface area contributed by atoms with Gasteiger partial charge >= 0.3 is 0 Å². The molecule has 1 atom stereocenters. The van der Waals surface area contributed by atoms with Crippen LogP contribution in [0.5, 0.6) is 0 Å². The molecule has 6 nitrogen and oxygen atoms in total. The van der Waals surface area contributed by atoms with Gasteiger partial charge in [-0.2, -0.15) is 4.98 Å². The van der Waals surface area contributed by atoms with Crippen LogP contribution in [0.1, 0.15) is 12.8 Å². The molecule has 28 heavy (non-hydrogen) atoms. The molecule has 1 aromatic heterocycles. The van der Waals surface area contributed by atoms with Crippen molar-refractivity contribution in [2.24, 2.45) is 0 Å². The molecule has 8 heteroatoms. The molecule has 3 aromatic rings. The van der Waals surface area contributed by atoms with Gasteiger partial charge in [-0.05, 0) is 49.2 Å². The zero-order chi connectivity index (χ0) is 19.6. The predicted octanol–water partition coefficient (Wildman–Crippen LogP) is 3.90. The molecule has 1 saturated heterocycles. The SMILES string of the molecule is O=S(=O)(c1ccccc1)c1nc(-c2ccc(F)cc2)oc1NC[C@H]1CCCO1. The summed E-state index contributed by atoms with van der Waals surface area (Å²) in [5.41, 5.74) is 0.482. The van der Waals surface area contributed by atoms with E-state index in [1.807, 2.05) is 0 Å². The summed E-state index contributed by atoms with van der Waals surface area (Å²) in [6, 6.07) is 13.6. The van der Waals surface area contributed by atoms with E-state index in [1.54, 1.807) is 18.2 Å². The number of rotatable bonds is 6. The normalized spacial score (nSPS) is 17.0. The molecule has 1 aliphatic heterocycles. The van der Waals surface area contributed by atoms with Crippen molar-refractivity contribution in [3.8, 4) is 11.5 Å². The van der Waals surface area contributed by atoms with Gasteiger partial charge in [0, 0.05) is 18.7 Å². The van der Waals surface area contributed by atoms with E-state index in [4.69, 9.17) is 9.15 Å². The first-order chi connectivity index (χ1) is 13.5. The highest BCUT2D eigenvalue weighted by atomic mass is 32.2. The van der Waals surface area contributed by atoms with Crippen LogP contribution in [0.2, 0.25) is 0 Å². The average molecular weight is 402 g/mol. The second-order valence-electron chi connectivity index (χ2n) is 6.49. The van der Waals surface area contributed by atoms with Crippen LogP contribution in [-0.4, -0.2) is 32.7 Å². The Morgan fingerprint density at radius 1 is 1.11 bits per heavy atom. The number of nitrogens with one attached hydrogen (secondary N) is 1. The maximum Gasteiger partial charge on any atom is 0.233 e. The standard InChI is InChI=1S/C20H19FN2O4S/c21-15-10-8-14(9-11-15)18-23-20(28(24,25)17-6-2-1-3-7-17)19(27-18)22-13-16-5-4-12-26-16/h1-3,6-11,16,22H,4-5,12-13H2/t16-/m1/s1. The summed E-state index contributed by atoms with van der Waals surface area (Å²) < 4.78 is 50.7. The van der Waals surface area contributed by atoms with E-state index in [0.29, 0.717) is 18.7 Å². The minimum absolute atomic E-state index is 0.00773. The molecule has 0 amide bonds. The smallest absolute Gasteiger partial charge is 0.233 e. The summed E-state index contributed by atoms with van der Waals surface area (Å²) in [7, 11) is -3.89. The Balaban J connectivity index is 1.72. The van der Waals surface area contributed by atoms with Gasteiger partial charge in [-0.15, -0.1) is 0 Å². The van der Waals surface area contributed by atoms with Crippen LogP contribution in [0.4, 0.5) is 10.3 Å². The summed E-state index contributed by atoms with van der Waals surface area (Å²) in [5.74, 6) is -0.243. The molecule has 1 N–H and O–H groups in total. The number of anilines is 1. The Kier molecular flexibility index (Phi) is 5.15. The first-order valence-electron chi connectivity index (χ1n) is 8.96. The molecule has 146 valence electrons. The highest BCUT2D eigenvalue weighted by molar-refractivity contribution is 7.91. The monoisotopic (exact) mass is 402 g/mol. The van der Waals surface area contributed by atoms with Crippen LogP contribution >= 0.6 is 0 Å². The second kappa shape index (κ2) is 7.73.